The third-order valence-electron chi connectivity index (χ3n) is 6.30. The zero-order valence-electron chi connectivity index (χ0n) is 17.7. The lowest BCUT2D eigenvalue weighted by Gasteiger charge is -2.42. The average molecular weight is 448 g/mol. The Kier molecular flexibility index (Phi) is 5.76. The molecule has 2 aliphatic rings. The minimum Gasteiger partial charge on any atom is -0.361 e. The molecule has 2 aromatic heterocycles. The summed E-state index contributed by atoms with van der Waals surface area (Å²) in [6.45, 7) is 2.22. The minimum absolute atomic E-state index is 0.0253. The fourth-order valence-corrected chi connectivity index (χ4v) is 5.44. The van der Waals surface area contributed by atoms with Gasteiger partial charge in [-0.2, -0.15) is 0 Å². The summed E-state index contributed by atoms with van der Waals surface area (Å²) in [6.07, 6.45) is 1.91. The van der Waals surface area contributed by atoms with E-state index in [1.54, 1.807) is 22.4 Å². The second kappa shape index (κ2) is 8.84. The minimum atomic E-state index is -1.06. The molecule has 0 radical (unpaired) electrons. The number of carbonyl (C=O) groups excluding carboxylic acids is 2. The maximum atomic E-state index is 13.8. The summed E-state index contributed by atoms with van der Waals surface area (Å²) in [6, 6.07) is 19.7. The number of hydrogen-bond donors (Lipinski definition) is 0. The second-order valence-corrected chi connectivity index (χ2v) is 9.31. The van der Waals surface area contributed by atoms with Crippen LogP contribution in [0.5, 0.6) is 0 Å². The van der Waals surface area contributed by atoms with Crippen LogP contribution in [-0.2, 0) is 27.3 Å². The van der Waals surface area contributed by atoms with Crippen LogP contribution in [0.1, 0.15) is 22.1 Å². The molecular formula is C25H25N3O3S. The first-order valence-electron chi connectivity index (χ1n) is 10.8. The maximum absolute atomic E-state index is 13.8. The monoisotopic (exact) mass is 447 g/mol. The van der Waals surface area contributed by atoms with E-state index in [9.17, 15) is 9.59 Å². The average Bonchev–Trinajstić information content (AvgIpc) is 3.43. The summed E-state index contributed by atoms with van der Waals surface area (Å²) in [5.74, 6) is -0.195. The number of morpholine rings is 1. The maximum Gasteiger partial charge on any atom is 0.257 e. The van der Waals surface area contributed by atoms with Gasteiger partial charge in [0.15, 0.2) is 5.60 Å². The molecule has 2 fully saturated rings. The Hall–Kier alpha value is -3.03. The molecule has 0 aliphatic carbocycles. The van der Waals surface area contributed by atoms with Crippen LogP contribution in [0.3, 0.4) is 0 Å². The zero-order valence-corrected chi connectivity index (χ0v) is 18.5. The highest BCUT2D eigenvalue weighted by Crippen LogP contribution is 2.42. The number of nitrogens with zero attached hydrogens (tertiary/aromatic N) is 3. The van der Waals surface area contributed by atoms with Crippen molar-refractivity contribution >= 4 is 23.2 Å². The van der Waals surface area contributed by atoms with Crippen molar-refractivity contribution < 1.29 is 14.3 Å². The molecule has 0 unspecified atom stereocenters. The number of thiophene rings is 1. The van der Waals surface area contributed by atoms with Crippen molar-refractivity contribution in [3.63, 3.8) is 0 Å². The first-order valence-corrected chi connectivity index (χ1v) is 11.7. The van der Waals surface area contributed by atoms with E-state index in [0.29, 0.717) is 26.2 Å². The first kappa shape index (κ1) is 20.8. The molecule has 2 amide bonds. The molecule has 4 heterocycles. The van der Waals surface area contributed by atoms with Crippen molar-refractivity contribution in [3.05, 3.63) is 88.4 Å². The topological polar surface area (TPSA) is 62.7 Å². The number of amides is 2. The number of carbonyl (C=O) groups is 2. The van der Waals surface area contributed by atoms with Crippen molar-refractivity contribution in [2.75, 3.05) is 26.2 Å². The Morgan fingerprint density at radius 2 is 1.97 bits per heavy atom. The molecule has 3 aromatic rings. The molecule has 164 valence electrons. The van der Waals surface area contributed by atoms with Gasteiger partial charge in [-0.25, -0.2) is 0 Å². The SMILES string of the molecule is O=C(Cc1ccccn1)N1CCO[C@@]2(C1)C(=O)N(Cc1cccs1)C[C@H]2c1ccccc1. The van der Waals surface area contributed by atoms with E-state index in [1.165, 1.54) is 0 Å². The summed E-state index contributed by atoms with van der Waals surface area (Å²) in [5, 5.41) is 2.02. The molecule has 1 spiro atoms. The quantitative estimate of drug-likeness (QED) is 0.603. The number of ether oxygens (including phenoxy) is 1. The van der Waals surface area contributed by atoms with Crippen molar-refractivity contribution in [1.82, 2.24) is 14.8 Å². The third-order valence-corrected chi connectivity index (χ3v) is 7.16. The number of pyridine rings is 1. The number of rotatable bonds is 5. The van der Waals surface area contributed by atoms with Crippen LogP contribution in [-0.4, -0.2) is 58.4 Å². The number of hydrogen-bond acceptors (Lipinski definition) is 5. The second-order valence-electron chi connectivity index (χ2n) is 8.28. The van der Waals surface area contributed by atoms with Crippen LogP contribution in [0, 0.1) is 0 Å². The number of likely N-dealkylation sites (tertiary alicyclic amines) is 1. The standard InChI is InChI=1S/C25H25N3O3S/c29-23(15-20-9-4-5-11-26-20)27-12-13-31-25(18-27)22(19-7-2-1-3-8-19)17-28(24(25)30)16-21-10-6-14-32-21/h1-11,14,22H,12-13,15-18H2/t22-,25+/m0/s1. The molecule has 0 bridgehead atoms. The van der Waals surface area contributed by atoms with Gasteiger partial charge in [0.2, 0.25) is 5.91 Å². The van der Waals surface area contributed by atoms with Crippen LogP contribution in [0.15, 0.2) is 72.2 Å². The molecular weight excluding hydrogens is 422 g/mol. The van der Waals surface area contributed by atoms with E-state index < -0.39 is 5.60 Å². The first-order chi connectivity index (χ1) is 15.7. The van der Waals surface area contributed by atoms with Crippen molar-refractivity contribution in [2.45, 2.75) is 24.5 Å². The highest BCUT2D eigenvalue weighted by Gasteiger charge is 2.58. The van der Waals surface area contributed by atoms with Crippen LogP contribution in [0.2, 0.25) is 0 Å². The van der Waals surface area contributed by atoms with Gasteiger partial charge in [0.25, 0.3) is 5.91 Å². The molecule has 5 rings (SSSR count). The number of benzene rings is 1. The van der Waals surface area contributed by atoms with Crippen LogP contribution >= 0.6 is 11.3 Å². The predicted molar refractivity (Wildman–Crippen MR) is 122 cm³/mol. The van der Waals surface area contributed by atoms with E-state index in [0.717, 1.165) is 16.1 Å². The van der Waals surface area contributed by atoms with E-state index in [4.69, 9.17) is 4.74 Å². The third kappa shape index (κ3) is 3.94. The Labute approximate surface area is 191 Å². The fraction of sp³-hybridized carbons (Fsp3) is 0.320. The van der Waals surface area contributed by atoms with Crippen molar-refractivity contribution in [2.24, 2.45) is 0 Å². The van der Waals surface area contributed by atoms with Gasteiger partial charge in [-0.1, -0.05) is 42.5 Å². The van der Waals surface area contributed by atoms with Crippen molar-refractivity contribution in [3.8, 4) is 0 Å². The van der Waals surface area contributed by atoms with Crippen LogP contribution in [0.4, 0.5) is 0 Å². The van der Waals surface area contributed by atoms with E-state index in [2.05, 4.69) is 4.98 Å². The van der Waals surface area contributed by atoms with Gasteiger partial charge in [0, 0.05) is 35.8 Å². The van der Waals surface area contributed by atoms with E-state index >= 15 is 0 Å². The molecule has 0 N–H and O–H groups in total. The molecule has 0 saturated carbocycles. The Morgan fingerprint density at radius 1 is 1.12 bits per heavy atom. The lowest BCUT2D eigenvalue weighted by Crippen LogP contribution is -2.59. The van der Waals surface area contributed by atoms with Gasteiger partial charge < -0.3 is 14.5 Å². The summed E-state index contributed by atoms with van der Waals surface area (Å²) in [4.78, 5) is 36.0. The van der Waals surface area contributed by atoms with Crippen molar-refractivity contribution in [1.29, 1.82) is 0 Å². The smallest absolute Gasteiger partial charge is 0.257 e. The Bertz CT molecular complexity index is 1070. The van der Waals surface area contributed by atoms with Gasteiger partial charge in [0.05, 0.1) is 26.1 Å². The van der Waals surface area contributed by atoms with E-state index in [1.807, 2.05) is 70.9 Å². The highest BCUT2D eigenvalue weighted by atomic mass is 32.1. The summed E-state index contributed by atoms with van der Waals surface area (Å²) in [7, 11) is 0. The normalized spacial score (nSPS) is 23.1. The molecule has 2 saturated heterocycles. The molecule has 2 aliphatic heterocycles. The highest BCUT2D eigenvalue weighted by molar-refractivity contribution is 7.09. The molecule has 7 heteroatoms. The van der Waals surface area contributed by atoms with Gasteiger partial charge >= 0.3 is 0 Å². The van der Waals surface area contributed by atoms with Crippen LogP contribution in [0.25, 0.3) is 0 Å². The lowest BCUT2D eigenvalue weighted by atomic mass is 9.83. The van der Waals surface area contributed by atoms with Gasteiger partial charge in [-0.15, -0.1) is 11.3 Å². The molecule has 6 nitrogen and oxygen atoms in total. The van der Waals surface area contributed by atoms with Gasteiger partial charge in [0.1, 0.15) is 0 Å². The number of aromatic nitrogens is 1. The Balaban J connectivity index is 1.43. The molecule has 2 atom stereocenters. The van der Waals surface area contributed by atoms with E-state index in [-0.39, 0.29) is 30.7 Å². The largest absolute Gasteiger partial charge is 0.361 e. The summed E-state index contributed by atoms with van der Waals surface area (Å²) < 4.78 is 6.29. The summed E-state index contributed by atoms with van der Waals surface area (Å²) in [5.41, 5.74) is 0.736. The molecule has 1 aromatic carbocycles. The zero-order chi connectivity index (χ0) is 22.0. The predicted octanol–water partition coefficient (Wildman–Crippen LogP) is 3.11. The fourth-order valence-electron chi connectivity index (χ4n) is 4.72. The van der Waals surface area contributed by atoms with Crippen LogP contribution < -0.4 is 0 Å². The molecule has 32 heavy (non-hydrogen) atoms. The summed E-state index contributed by atoms with van der Waals surface area (Å²) >= 11 is 1.64. The Morgan fingerprint density at radius 3 is 2.72 bits per heavy atom. The van der Waals surface area contributed by atoms with Gasteiger partial charge in [-0.3, -0.25) is 14.6 Å². The lowest BCUT2D eigenvalue weighted by molar-refractivity contribution is -0.167. The van der Waals surface area contributed by atoms with Gasteiger partial charge in [-0.05, 0) is 29.1 Å².